The van der Waals surface area contributed by atoms with E-state index in [-0.39, 0.29) is 0 Å². The van der Waals surface area contributed by atoms with Crippen LogP contribution in [0.5, 0.6) is 0 Å². The maximum atomic E-state index is 4.75. The topological polar surface area (TPSA) is 24.9 Å². The van der Waals surface area contributed by atoms with Gasteiger partial charge in [0.15, 0.2) is 0 Å². The molecule has 1 aliphatic heterocycles. The van der Waals surface area contributed by atoms with Crippen molar-refractivity contribution in [2.45, 2.75) is 38.8 Å². The number of aryl methyl sites for hydroxylation is 1. The lowest BCUT2D eigenvalue weighted by molar-refractivity contribution is 0.718. The van der Waals surface area contributed by atoms with Crippen molar-refractivity contribution >= 4 is 0 Å². The predicted molar refractivity (Wildman–Crippen MR) is 51.5 cm³/mol. The molecule has 3 rings (SSSR count). The van der Waals surface area contributed by atoms with Crippen molar-refractivity contribution < 1.29 is 0 Å². The summed E-state index contributed by atoms with van der Waals surface area (Å²) < 4.78 is 0. The van der Waals surface area contributed by atoms with Gasteiger partial charge in [-0.15, -0.1) is 0 Å². The molecule has 1 aromatic rings. The van der Waals surface area contributed by atoms with Gasteiger partial charge in [0, 0.05) is 18.8 Å². The molecule has 1 N–H and O–H groups in total. The van der Waals surface area contributed by atoms with Crippen LogP contribution in [0.15, 0.2) is 6.07 Å². The number of rotatable bonds is 0. The van der Waals surface area contributed by atoms with Crippen LogP contribution in [0, 0.1) is 0 Å². The molecule has 0 saturated heterocycles. The van der Waals surface area contributed by atoms with Crippen LogP contribution in [0.25, 0.3) is 0 Å². The highest BCUT2D eigenvalue weighted by Crippen LogP contribution is 2.33. The molecule has 0 bridgehead atoms. The number of nitrogens with one attached hydrogen (secondary N) is 1. The van der Waals surface area contributed by atoms with E-state index < -0.39 is 0 Å². The highest BCUT2D eigenvalue weighted by Gasteiger charge is 2.23. The Hall–Kier alpha value is -0.890. The Bertz CT molecular complexity index is 357. The molecule has 0 saturated carbocycles. The second-order valence-corrected chi connectivity index (χ2v) is 4.18. The van der Waals surface area contributed by atoms with E-state index in [0.29, 0.717) is 5.92 Å². The van der Waals surface area contributed by atoms with Gasteiger partial charge in [-0.05, 0) is 29.9 Å². The molecule has 2 aliphatic rings. The Morgan fingerprint density at radius 3 is 3.23 bits per heavy atom. The molecule has 0 amide bonds. The van der Waals surface area contributed by atoms with Gasteiger partial charge < -0.3 is 5.32 Å². The fourth-order valence-corrected chi connectivity index (χ4v) is 2.41. The number of nitrogens with zero attached hydrogens (tertiary/aromatic N) is 1. The number of fused-ring (bicyclic) bond motifs is 2. The summed E-state index contributed by atoms with van der Waals surface area (Å²) in [6.45, 7) is 4.27. The van der Waals surface area contributed by atoms with Crippen molar-refractivity contribution in [2.75, 3.05) is 0 Å². The Morgan fingerprint density at radius 1 is 1.38 bits per heavy atom. The minimum Gasteiger partial charge on any atom is -0.307 e. The summed E-state index contributed by atoms with van der Waals surface area (Å²) in [7, 11) is 0. The van der Waals surface area contributed by atoms with Crippen LogP contribution in [-0.4, -0.2) is 4.98 Å². The van der Waals surface area contributed by atoms with Crippen molar-refractivity contribution in [1.82, 2.24) is 10.3 Å². The molecule has 0 aromatic carbocycles. The largest absolute Gasteiger partial charge is 0.307 e. The third kappa shape index (κ3) is 1.02. The Balaban J connectivity index is 2.16. The molecule has 1 atom stereocenters. The Kier molecular flexibility index (Phi) is 1.47. The molecular formula is C11H14N2. The fourth-order valence-electron chi connectivity index (χ4n) is 2.41. The van der Waals surface area contributed by atoms with E-state index in [9.17, 15) is 0 Å². The van der Waals surface area contributed by atoms with Gasteiger partial charge in [-0.25, -0.2) is 0 Å². The lowest BCUT2D eigenvalue weighted by Crippen LogP contribution is -2.01. The first-order valence-electron chi connectivity index (χ1n) is 5.07. The molecule has 1 aromatic heterocycles. The molecule has 2 heteroatoms. The number of aromatic nitrogens is 1. The van der Waals surface area contributed by atoms with E-state index in [1.165, 1.54) is 35.4 Å². The van der Waals surface area contributed by atoms with Crippen molar-refractivity contribution in [3.8, 4) is 0 Å². The highest BCUT2D eigenvalue weighted by molar-refractivity contribution is 5.37. The fraction of sp³-hybridized carbons (Fsp3) is 0.545. The molecule has 2 heterocycles. The van der Waals surface area contributed by atoms with E-state index in [0.717, 1.165) is 13.1 Å². The van der Waals surface area contributed by atoms with Gasteiger partial charge in [0.2, 0.25) is 0 Å². The lowest BCUT2D eigenvalue weighted by Gasteiger charge is -2.05. The first kappa shape index (κ1) is 7.51. The van der Waals surface area contributed by atoms with Crippen LogP contribution in [0.3, 0.4) is 0 Å². The minimum absolute atomic E-state index is 0.681. The van der Waals surface area contributed by atoms with E-state index in [1.54, 1.807) is 0 Å². The molecule has 0 unspecified atom stereocenters. The summed E-state index contributed by atoms with van der Waals surface area (Å²) in [5.41, 5.74) is 5.57. The van der Waals surface area contributed by atoms with Gasteiger partial charge in [-0.1, -0.05) is 13.0 Å². The predicted octanol–water partition coefficient (Wildman–Crippen LogP) is 1.73. The second kappa shape index (κ2) is 2.55. The number of hydrogen-bond acceptors (Lipinski definition) is 2. The van der Waals surface area contributed by atoms with E-state index in [2.05, 4.69) is 18.3 Å². The van der Waals surface area contributed by atoms with Crippen LogP contribution in [0.1, 0.15) is 41.8 Å². The zero-order valence-electron chi connectivity index (χ0n) is 7.93. The Labute approximate surface area is 78.4 Å². The van der Waals surface area contributed by atoms with Gasteiger partial charge in [0.05, 0.1) is 5.69 Å². The average Bonchev–Trinajstić information content (AvgIpc) is 2.70. The summed E-state index contributed by atoms with van der Waals surface area (Å²) >= 11 is 0. The maximum Gasteiger partial charge on any atom is 0.0590 e. The minimum atomic E-state index is 0.681. The summed E-state index contributed by atoms with van der Waals surface area (Å²) in [6.07, 6.45) is 2.52. The van der Waals surface area contributed by atoms with Gasteiger partial charge in [0.25, 0.3) is 0 Å². The van der Waals surface area contributed by atoms with Crippen molar-refractivity contribution in [3.05, 3.63) is 28.6 Å². The monoisotopic (exact) mass is 174 g/mol. The first-order chi connectivity index (χ1) is 6.34. The zero-order chi connectivity index (χ0) is 8.84. The molecule has 0 fully saturated rings. The summed E-state index contributed by atoms with van der Waals surface area (Å²) in [5.74, 6) is 0.681. The standard InChI is InChI=1S/C11H14N2/c1-7-2-3-8-4-9-5-12-6-10(9)13-11(7)8/h4,7,12H,2-3,5-6H2,1H3/t7-/m0/s1. The maximum absolute atomic E-state index is 4.75. The van der Waals surface area contributed by atoms with Crippen LogP contribution in [-0.2, 0) is 19.5 Å². The molecule has 68 valence electrons. The Morgan fingerprint density at radius 2 is 2.31 bits per heavy atom. The van der Waals surface area contributed by atoms with Crippen molar-refractivity contribution in [3.63, 3.8) is 0 Å². The first-order valence-corrected chi connectivity index (χ1v) is 5.07. The van der Waals surface area contributed by atoms with Gasteiger partial charge in [-0.3, -0.25) is 4.98 Å². The summed E-state index contributed by atoms with van der Waals surface area (Å²) in [5, 5.41) is 3.34. The molecule has 0 spiro atoms. The lowest BCUT2D eigenvalue weighted by atomic mass is 10.1. The number of pyridine rings is 1. The average molecular weight is 174 g/mol. The van der Waals surface area contributed by atoms with Gasteiger partial charge in [-0.2, -0.15) is 0 Å². The second-order valence-electron chi connectivity index (χ2n) is 4.18. The molecule has 1 aliphatic carbocycles. The molecule has 2 nitrogen and oxygen atoms in total. The van der Waals surface area contributed by atoms with Gasteiger partial charge >= 0.3 is 0 Å². The summed E-state index contributed by atoms with van der Waals surface area (Å²) in [4.78, 5) is 4.75. The van der Waals surface area contributed by atoms with Crippen LogP contribution in [0.4, 0.5) is 0 Å². The van der Waals surface area contributed by atoms with E-state index in [1.807, 2.05) is 0 Å². The normalized spacial score (nSPS) is 24.5. The number of hydrogen-bond donors (Lipinski definition) is 1. The quantitative estimate of drug-likeness (QED) is 0.648. The summed E-state index contributed by atoms with van der Waals surface area (Å²) in [6, 6.07) is 2.36. The van der Waals surface area contributed by atoms with Crippen LogP contribution in [0.2, 0.25) is 0 Å². The molecule has 13 heavy (non-hydrogen) atoms. The third-order valence-electron chi connectivity index (χ3n) is 3.22. The van der Waals surface area contributed by atoms with Gasteiger partial charge in [0.1, 0.15) is 0 Å². The molecular weight excluding hydrogens is 160 g/mol. The zero-order valence-corrected chi connectivity index (χ0v) is 7.93. The van der Waals surface area contributed by atoms with Crippen LogP contribution >= 0.6 is 0 Å². The van der Waals surface area contributed by atoms with Crippen molar-refractivity contribution in [1.29, 1.82) is 0 Å². The third-order valence-corrected chi connectivity index (χ3v) is 3.22. The van der Waals surface area contributed by atoms with E-state index >= 15 is 0 Å². The van der Waals surface area contributed by atoms with Crippen molar-refractivity contribution in [2.24, 2.45) is 0 Å². The smallest absolute Gasteiger partial charge is 0.0590 e. The SMILES string of the molecule is C[C@H]1CCc2cc3c(nc21)CNC3. The molecule has 0 radical (unpaired) electrons. The van der Waals surface area contributed by atoms with Crippen LogP contribution < -0.4 is 5.32 Å². The highest BCUT2D eigenvalue weighted by atomic mass is 14.9. The van der Waals surface area contributed by atoms with E-state index in [4.69, 9.17) is 4.98 Å².